The van der Waals surface area contributed by atoms with Gasteiger partial charge in [-0.2, -0.15) is 5.10 Å². The maximum Gasteiger partial charge on any atom is 0.233 e. The summed E-state index contributed by atoms with van der Waals surface area (Å²) < 4.78 is 9.35. The van der Waals surface area contributed by atoms with E-state index in [0.29, 0.717) is 29.8 Å². The van der Waals surface area contributed by atoms with Crippen molar-refractivity contribution < 1.29 is 9.21 Å². The Kier molecular flexibility index (Phi) is 6.76. The number of carbonyl (C=O) groups excluding carboxylic acids is 1. The number of nitrogens with zero attached hydrogens (tertiary/aromatic N) is 6. The van der Waals surface area contributed by atoms with E-state index < -0.39 is 0 Å². The van der Waals surface area contributed by atoms with E-state index in [1.807, 2.05) is 76.1 Å². The van der Waals surface area contributed by atoms with Gasteiger partial charge >= 0.3 is 0 Å². The summed E-state index contributed by atoms with van der Waals surface area (Å²) in [6.45, 7) is 1.05. The Morgan fingerprint density at radius 1 is 0.971 bits per heavy atom. The molecule has 0 aliphatic rings. The molecule has 176 valence electrons. The highest BCUT2D eigenvalue weighted by molar-refractivity contribution is 7.99. The fraction of sp³-hybridized carbons (Fsp3) is 0.154. The molecule has 2 aromatic carbocycles. The van der Waals surface area contributed by atoms with Gasteiger partial charge in [-0.05, 0) is 29.8 Å². The number of hydrogen-bond donors (Lipinski definition) is 0. The molecule has 8 nitrogen and oxygen atoms in total. The number of amides is 1. The fourth-order valence-corrected chi connectivity index (χ4v) is 4.53. The number of para-hydroxylation sites is 1. The topological polar surface area (TPSA) is 82.0 Å². The second-order valence-corrected chi connectivity index (χ2v) is 8.96. The predicted octanol–water partition coefficient (Wildman–Crippen LogP) is 4.52. The SMILES string of the molecule is CN(Cc1cnn(-c2ccccc2)c1)C(=O)CSc1nnc(-c2ccco2)n1Cc1ccccc1. The summed E-state index contributed by atoms with van der Waals surface area (Å²) in [6.07, 6.45) is 5.34. The summed E-state index contributed by atoms with van der Waals surface area (Å²) in [5.41, 5.74) is 3.05. The first kappa shape index (κ1) is 22.7. The second-order valence-electron chi connectivity index (χ2n) is 8.02. The first-order valence-corrected chi connectivity index (χ1v) is 12.1. The van der Waals surface area contributed by atoms with Crippen LogP contribution in [0.2, 0.25) is 0 Å². The molecule has 0 aliphatic carbocycles. The van der Waals surface area contributed by atoms with Crippen molar-refractivity contribution >= 4 is 17.7 Å². The zero-order valence-corrected chi connectivity index (χ0v) is 20.0. The summed E-state index contributed by atoms with van der Waals surface area (Å²) in [4.78, 5) is 14.6. The van der Waals surface area contributed by atoms with E-state index in [9.17, 15) is 4.79 Å². The summed E-state index contributed by atoms with van der Waals surface area (Å²) in [7, 11) is 1.80. The average Bonchev–Trinajstić information content (AvgIpc) is 3.65. The summed E-state index contributed by atoms with van der Waals surface area (Å²) >= 11 is 1.37. The molecule has 0 saturated heterocycles. The van der Waals surface area contributed by atoms with Gasteiger partial charge in [-0.25, -0.2) is 4.68 Å². The molecule has 0 unspecified atom stereocenters. The van der Waals surface area contributed by atoms with Crippen LogP contribution in [0.4, 0.5) is 0 Å². The molecule has 35 heavy (non-hydrogen) atoms. The van der Waals surface area contributed by atoms with Gasteiger partial charge in [0, 0.05) is 25.4 Å². The van der Waals surface area contributed by atoms with Crippen LogP contribution in [-0.4, -0.2) is 48.2 Å². The molecule has 5 rings (SSSR count). The van der Waals surface area contributed by atoms with Gasteiger partial charge in [0.25, 0.3) is 0 Å². The number of furan rings is 1. The van der Waals surface area contributed by atoms with Crippen LogP contribution >= 0.6 is 11.8 Å². The normalized spacial score (nSPS) is 11.0. The molecule has 0 N–H and O–H groups in total. The Labute approximate surface area is 207 Å². The van der Waals surface area contributed by atoms with Crippen LogP contribution in [0.1, 0.15) is 11.1 Å². The molecule has 3 heterocycles. The Morgan fingerprint density at radius 2 is 1.74 bits per heavy atom. The van der Waals surface area contributed by atoms with Crippen LogP contribution in [-0.2, 0) is 17.9 Å². The third-order valence-corrected chi connectivity index (χ3v) is 6.42. The van der Waals surface area contributed by atoms with E-state index in [2.05, 4.69) is 27.4 Å². The zero-order chi connectivity index (χ0) is 24.0. The van der Waals surface area contributed by atoms with E-state index >= 15 is 0 Å². The quantitative estimate of drug-likeness (QED) is 0.286. The van der Waals surface area contributed by atoms with Gasteiger partial charge in [-0.3, -0.25) is 9.36 Å². The molecule has 0 spiro atoms. The molecule has 0 atom stereocenters. The van der Waals surface area contributed by atoms with Crippen LogP contribution in [0.5, 0.6) is 0 Å². The van der Waals surface area contributed by atoms with E-state index in [1.165, 1.54) is 11.8 Å². The van der Waals surface area contributed by atoms with Crippen molar-refractivity contribution in [3.8, 4) is 17.3 Å². The maximum atomic E-state index is 12.9. The molecular weight excluding hydrogens is 460 g/mol. The van der Waals surface area contributed by atoms with E-state index in [-0.39, 0.29) is 11.7 Å². The lowest BCUT2D eigenvalue weighted by atomic mass is 10.2. The van der Waals surface area contributed by atoms with Crippen LogP contribution in [0.25, 0.3) is 17.3 Å². The number of hydrogen-bond acceptors (Lipinski definition) is 6. The van der Waals surface area contributed by atoms with Crippen molar-refractivity contribution in [3.05, 3.63) is 103 Å². The lowest BCUT2D eigenvalue weighted by Gasteiger charge is -2.16. The summed E-state index contributed by atoms with van der Waals surface area (Å²) in [6, 6.07) is 23.6. The van der Waals surface area contributed by atoms with Gasteiger partial charge < -0.3 is 9.32 Å². The van der Waals surface area contributed by atoms with Gasteiger partial charge in [0.2, 0.25) is 11.7 Å². The molecule has 0 bridgehead atoms. The minimum atomic E-state index is -0.00345. The molecule has 1 amide bonds. The third kappa shape index (κ3) is 5.36. The number of thioether (sulfide) groups is 1. The van der Waals surface area contributed by atoms with Crippen molar-refractivity contribution in [1.29, 1.82) is 0 Å². The Bertz CT molecular complexity index is 1380. The summed E-state index contributed by atoms with van der Waals surface area (Å²) in [5, 5.41) is 13.8. The van der Waals surface area contributed by atoms with Crippen molar-refractivity contribution in [3.63, 3.8) is 0 Å². The van der Waals surface area contributed by atoms with Gasteiger partial charge in [-0.15, -0.1) is 10.2 Å². The maximum absolute atomic E-state index is 12.9. The highest BCUT2D eigenvalue weighted by atomic mass is 32.2. The van der Waals surface area contributed by atoms with Gasteiger partial charge in [0.05, 0.1) is 30.4 Å². The Morgan fingerprint density at radius 3 is 2.49 bits per heavy atom. The van der Waals surface area contributed by atoms with E-state index in [0.717, 1.165) is 16.8 Å². The van der Waals surface area contributed by atoms with Crippen LogP contribution in [0, 0.1) is 0 Å². The average molecular weight is 485 g/mol. The molecule has 0 aliphatic heterocycles. The van der Waals surface area contributed by atoms with Gasteiger partial charge in [-0.1, -0.05) is 60.3 Å². The second kappa shape index (κ2) is 10.4. The largest absolute Gasteiger partial charge is 0.461 e. The van der Waals surface area contributed by atoms with E-state index in [4.69, 9.17) is 4.42 Å². The highest BCUT2D eigenvalue weighted by Crippen LogP contribution is 2.26. The minimum Gasteiger partial charge on any atom is -0.461 e. The zero-order valence-electron chi connectivity index (χ0n) is 19.2. The fourth-order valence-electron chi connectivity index (χ4n) is 3.65. The molecule has 9 heteroatoms. The van der Waals surface area contributed by atoms with Crippen molar-refractivity contribution in [1.82, 2.24) is 29.4 Å². The first-order valence-electron chi connectivity index (χ1n) is 11.1. The first-order chi connectivity index (χ1) is 17.2. The summed E-state index contributed by atoms with van der Waals surface area (Å²) in [5.74, 6) is 1.51. The number of aromatic nitrogens is 5. The predicted molar refractivity (Wildman–Crippen MR) is 134 cm³/mol. The van der Waals surface area contributed by atoms with Crippen LogP contribution < -0.4 is 0 Å². The number of rotatable bonds is 9. The van der Waals surface area contributed by atoms with Crippen molar-refractivity contribution in [2.24, 2.45) is 0 Å². The lowest BCUT2D eigenvalue weighted by Crippen LogP contribution is -2.27. The number of benzene rings is 2. The van der Waals surface area contributed by atoms with E-state index in [1.54, 1.807) is 24.4 Å². The molecule has 0 saturated carbocycles. The molecule has 0 fully saturated rings. The van der Waals surface area contributed by atoms with Gasteiger partial charge in [0.1, 0.15) is 0 Å². The molecule has 3 aromatic heterocycles. The van der Waals surface area contributed by atoms with Gasteiger partial charge in [0.15, 0.2) is 10.9 Å². The van der Waals surface area contributed by atoms with Crippen molar-refractivity contribution in [2.45, 2.75) is 18.2 Å². The number of carbonyl (C=O) groups is 1. The standard InChI is InChI=1S/C26H24N6O2S/c1-30(16-21-15-27-32(18-21)22-11-6-3-7-12-22)24(33)19-35-26-29-28-25(23-13-8-14-34-23)31(26)17-20-9-4-2-5-10-20/h2-15,18H,16-17,19H2,1H3. The Balaban J connectivity index is 1.26. The van der Waals surface area contributed by atoms with Crippen molar-refractivity contribution in [2.75, 3.05) is 12.8 Å². The highest BCUT2D eigenvalue weighted by Gasteiger charge is 2.19. The smallest absolute Gasteiger partial charge is 0.233 e. The van der Waals surface area contributed by atoms with Crippen LogP contribution in [0.3, 0.4) is 0 Å². The third-order valence-electron chi connectivity index (χ3n) is 5.47. The minimum absolute atomic E-state index is 0.00345. The van der Waals surface area contributed by atoms with Crippen LogP contribution in [0.15, 0.2) is 101 Å². The molecule has 5 aromatic rings. The molecular formula is C26H24N6O2S. The molecule has 0 radical (unpaired) electrons. The monoisotopic (exact) mass is 484 g/mol. The lowest BCUT2D eigenvalue weighted by molar-refractivity contribution is -0.127. The Hall–Kier alpha value is -4.11.